The number of aliphatic hydroxyl groups excluding tert-OH is 1. The van der Waals surface area contributed by atoms with Gasteiger partial charge in [0.1, 0.15) is 11.6 Å². The minimum absolute atomic E-state index is 0.347. The molecule has 8 heteroatoms. The maximum atomic E-state index is 13.5. The third-order valence-corrected chi connectivity index (χ3v) is 3.09. The highest BCUT2D eigenvalue weighted by atomic mass is 19.4. The molecule has 0 fully saturated rings. The second-order valence-corrected chi connectivity index (χ2v) is 5.19. The summed E-state index contributed by atoms with van der Waals surface area (Å²) in [6, 6.07) is -0.551. The topological polar surface area (TPSA) is 49.3 Å². The number of amides is 1. The standard InChI is InChI=1S/C14H16F5NO2/c1-7(2)10(21)6-11(22)20-13(14(17,18)19)12-8(15)4-3-5-9(12)16/h3-5,7,10,13,21H,6H2,1-2H3,(H,20,22)/t10-,13+/m0/s1. The van der Waals surface area contributed by atoms with Gasteiger partial charge < -0.3 is 10.4 Å². The van der Waals surface area contributed by atoms with Crippen molar-refractivity contribution in [2.24, 2.45) is 5.92 Å². The van der Waals surface area contributed by atoms with E-state index in [0.717, 1.165) is 6.07 Å². The maximum Gasteiger partial charge on any atom is 0.413 e. The fourth-order valence-corrected chi connectivity index (χ4v) is 1.75. The number of carbonyl (C=O) groups is 1. The third-order valence-electron chi connectivity index (χ3n) is 3.09. The molecule has 1 aromatic carbocycles. The fourth-order valence-electron chi connectivity index (χ4n) is 1.75. The fraction of sp³-hybridized carbons (Fsp3) is 0.500. The van der Waals surface area contributed by atoms with Crippen molar-refractivity contribution in [3.63, 3.8) is 0 Å². The van der Waals surface area contributed by atoms with E-state index >= 15 is 0 Å². The molecule has 0 heterocycles. The molecule has 0 aromatic heterocycles. The SMILES string of the molecule is CC(C)[C@@H](O)CC(=O)N[C@H](c1c(F)cccc1F)C(F)(F)F. The summed E-state index contributed by atoms with van der Waals surface area (Å²) in [5, 5.41) is 11.0. The second-order valence-electron chi connectivity index (χ2n) is 5.19. The van der Waals surface area contributed by atoms with E-state index in [2.05, 4.69) is 0 Å². The summed E-state index contributed by atoms with van der Waals surface area (Å²) in [4.78, 5) is 11.6. The zero-order valence-electron chi connectivity index (χ0n) is 11.9. The van der Waals surface area contributed by atoms with Gasteiger partial charge in [0.05, 0.1) is 18.1 Å². The summed E-state index contributed by atoms with van der Waals surface area (Å²) in [6.45, 7) is 3.16. The first-order valence-corrected chi connectivity index (χ1v) is 6.52. The van der Waals surface area contributed by atoms with E-state index in [4.69, 9.17) is 0 Å². The molecule has 0 bridgehead atoms. The molecule has 0 aliphatic carbocycles. The lowest BCUT2D eigenvalue weighted by Crippen LogP contribution is -2.40. The Hall–Kier alpha value is -1.70. The Bertz CT molecular complexity index is 510. The predicted octanol–water partition coefficient (Wildman–Crippen LogP) is 3.09. The van der Waals surface area contributed by atoms with Crippen LogP contribution in [0.5, 0.6) is 0 Å². The Morgan fingerprint density at radius 3 is 2.14 bits per heavy atom. The second kappa shape index (κ2) is 7.04. The van der Waals surface area contributed by atoms with E-state index in [9.17, 15) is 31.9 Å². The average Bonchev–Trinajstić information content (AvgIpc) is 2.35. The minimum atomic E-state index is -5.08. The van der Waals surface area contributed by atoms with E-state index in [-0.39, 0.29) is 5.92 Å². The molecule has 0 saturated heterocycles. The first-order chi connectivity index (χ1) is 10.0. The van der Waals surface area contributed by atoms with E-state index in [1.54, 1.807) is 13.8 Å². The summed E-state index contributed by atoms with van der Waals surface area (Å²) < 4.78 is 66.1. The lowest BCUT2D eigenvalue weighted by atomic mass is 10.0. The number of carbonyl (C=O) groups excluding carboxylic acids is 1. The molecule has 1 aromatic rings. The van der Waals surface area contributed by atoms with Gasteiger partial charge in [0.25, 0.3) is 0 Å². The van der Waals surface area contributed by atoms with E-state index in [0.29, 0.717) is 12.1 Å². The van der Waals surface area contributed by atoms with Crippen LogP contribution in [0.4, 0.5) is 22.0 Å². The Kier molecular flexibility index (Phi) is 5.87. The van der Waals surface area contributed by atoms with Crippen LogP contribution in [-0.2, 0) is 4.79 Å². The van der Waals surface area contributed by atoms with Gasteiger partial charge in [-0.2, -0.15) is 13.2 Å². The molecular formula is C14H16F5NO2. The van der Waals surface area contributed by atoms with Crippen LogP contribution < -0.4 is 5.32 Å². The van der Waals surface area contributed by atoms with Gasteiger partial charge in [-0.1, -0.05) is 19.9 Å². The zero-order valence-corrected chi connectivity index (χ0v) is 11.9. The highest BCUT2D eigenvalue weighted by Gasteiger charge is 2.44. The monoisotopic (exact) mass is 325 g/mol. The first-order valence-electron chi connectivity index (χ1n) is 6.52. The van der Waals surface area contributed by atoms with Crippen molar-refractivity contribution in [2.45, 2.75) is 38.6 Å². The van der Waals surface area contributed by atoms with Gasteiger partial charge in [-0.15, -0.1) is 0 Å². The van der Waals surface area contributed by atoms with Crippen molar-refractivity contribution in [3.05, 3.63) is 35.4 Å². The molecule has 0 spiro atoms. The van der Waals surface area contributed by atoms with Crippen molar-refractivity contribution in [1.29, 1.82) is 0 Å². The summed E-state index contributed by atoms with van der Waals surface area (Å²) in [6.07, 6.45) is -6.83. The lowest BCUT2D eigenvalue weighted by Gasteiger charge is -2.24. The number of rotatable bonds is 5. The number of halogens is 5. The summed E-state index contributed by atoms with van der Waals surface area (Å²) in [5.41, 5.74) is -1.28. The molecule has 2 N–H and O–H groups in total. The van der Waals surface area contributed by atoms with Crippen LogP contribution in [0.3, 0.4) is 0 Å². The van der Waals surface area contributed by atoms with E-state index in [1.165, 1.54) is 5.32 Å². The van der Waals surface area contributed by atoms with Gasteiger partial charge in [0.2, 0.25) is 5.91 Å². The van der Waals surface area contributed by atoms with Crippen LogP contribution in [0, 0.1) is 17.6 Å². The van der Waals surface area contributed by atoms with Gasteiger partial charge >= 0.3 is 6.18 Å². The number of nitrogens with one attached hydrogen (secondary N) is 1. The van der Waals surface area contributed by atoms with Crippen LogP contribution in [0.1, 0.15) is 31.9 Å². The average molecular weight is 325 g/mol. The molecule has 0 unspecified atom stereocenters. The lowest BCUT2D eigenvalue weighted by molar-refractivity contribution is -0.165. The number of benzene rings is 1. The molecule has 0 aliphatic rings. The number of hydrogen-bond acceptors (Lipinski definition) is 2. The normalized spacial score (nSPS) is 14.8. The first kappa shape index (κ1) is 18.3. The van der Waals surface area contributed by atoms with E-state index in [1.807, 2.05) is 0 Å². The van der Waals surface area contributed by atoms with Gasteiger partial charge in [-0.25, -0.2) is 8.78 Å². The van der Waals surface area contributed by atoms with Crippen molar-refractivity contribution in [2.75, 3.05) is 0 Å². The Balaban J connectivity index is 3.04. The molecule has 0 saturated carbocycles. The third kappa shape index (κ3) is 4.66. The molecule has 2 atom stereocenters. The van der Waals surface area contributed by atoms with E-state index < -0.39 is 47.8 Å². The molecular weight excluding hydrogens is 309 g/mol. The number of aliphatic hydroxyl groups is 1. The van der Waals surface area contributed by atoms with Crippen LogP contribution in [0.2, 0.25) is 0 Å². The minimum Gasteiger partial charge on any atom is -0.392 e. The highest BCUT2D eigenvalue weighted by molar-refractivity contribution is 5.77. The van der Waals surface area contributed by atoms with Crippen molar-refractivity contribution >= 4 is 5.91 Å². The molecule has 0 aliphatic heterocycles. The van der Waals surface area contributed by atoms with Crippen LogP contribution in [0.25, 0.3) is 0 Å². The van der Waals surface area contributed by atoms with Gasteiger partial charge in [0, 0.05) is 0 Å². The molecule has 1 rings (SSSR count). The number of hydrogen-bond donors (Lipinski definition) is 2. The maximum absolute atomic E-state index is 13.5. The Morgan fingerprint density at radius 1 is 1.23 bits per heavy atom. The molecule has 22 heavy (non-hydrogen) atoms. The number of alkyl halides is 3. The zero-order chi connectivity index (χ0) is 17.1. The molecule has 0 radical (unpaired) electrons. The van der Waals surface area contributed by atoms with Gasteiger partial charge in [-0.3, -0.25) is 4.79 Å². The summed E-state index contributed by atoms with van der Waals surface area (Å²) in [7, 11) is 0. The van der Waals surface area contributed by atoms with Gasteiger partial charge in [-0.05, 0) is 18.1 Å². The smallest absolute Gasteiger partial charge is 0.392 e. The van der Waals surface area contributed by atoms with Crippen LogP contribution >= 0.6 is 0 Å². The van der Waals surface area contributed by atoms with Crippen LogP contribution in [-0.4, -0.2) is 23.3 Å². The summed E-state index contributed by atoms with van der Waals surface area (Å²) >= 11 is 0. The molecule has 1 amide bonds. The van der Waals surface area contributed by atoms with Crippen molar-refractivity contribution in [1.82, 2.24) is 5.32 Å². The Labute approximate surface area is 124 Å². The molecule has 3 nitrogen and oxygen atoms in total. The quantitative estimate of drug-likeness (QED) is 0.818. The summed E-state index contributed by atoms with van der Waals surface area (Å²) in [5.74, 6) is -4.31. The van der Waals surface area contributed by atoms with Crippen molar-refractivity contribution < 1.29 is 31.9 Å². The predicted molar refractivity (Wildman–Crippen MR) is 68.8 cm³/mol. The van der Waals surface area contributed by atoms with Crippen LogP contribution in [0.15, 0.2) is 18.2 Å². The van der Waals surface area contributed by atoms with Crippen molar-refractivity contribution in [3.8, 4) is 0 Å². The van der Waals surface area contributed by atoms with Gasteiger partial charge in [0.15, 0.2) is 6.04 Å². The Morgan fingerprint density at radius 2 is 1.73 bits per heavy atom. The largest absolute Gasteiger partial charge is 0.413 e. The highest BCUT2D eigenvalue weighted by Crippen LogP contribution is 2.35. The molecule has 124 valence electrons.